The molecule has 5 nitrogen and oxygen atoms in total. The number of methoxy groups -OCH3 is 2. The zero-order valence-corrected chi connectivity index (χ0v) is 12.4. The minimum absolute atomic E-state index is 0.193. The molecule has 0 aliphatic rings. The van der Waals surface area contributed by atoms with E-state index in [0.717, 1.165) is 16.6 Å². The van der Waals surface area contributed by atoms with Gasteiger partial charge >= 0.3 is 5.97 Å². The van der Waals surface area contributed by atoms with Crippen LogP contribution in [0.2, 0.25) is 0 Å². The normalized spacial score (nSPS) is 10.2. The Morgan fingerprint density at radius 3 is 2.90 bits per heavy atom. The summed E-state index contributed by atoms with van der Waals surface area (Å²) in [4.78, 5) is 17.6. The van der Waals surface area contributed by atoms with Crippen molar-refractivity contribution < 1.29 is 14.3 Å². The van der Waals surface area contributed by atoms with Gasteiger partial charge in [-0.2, -0.15) is 0 Å². The highest BCUT2D eigenvalue weighted by Crippen LogP contribution is 2.29. The molecular weight excluding hydrogens is 276 g/mol. The SMILES string of the molecule is COC(=O)Cc1csc(N(C)c2cccc(OC)c2)n1. The van der Waals surface area contributed by atoms with Gasteiger partial charge in [0.25, 0.3) is 0 Å². The molecule has 1 aromatic heterocycles. The van der Waals surface area contributed by atoms with Crippen LogP contribution in [-0.4, -0.2) is 32.2 Å². The summed E-state index contributed by atoms with van der Waals surface area (Å²) >= 11 is 1.48. The number of hydrogen-bond acceptors (Lipinski definition) is 6. The summed E-state index contributed by atoms with van der Waals surface area (Å²) in [5, 5.41) is 2.68. The van der Waals surface area contributed by atoms with E-state index in [1.54, 1.807) is 7.11 Å². The molecule has 0 aliphatic carbocycles. The van der Waals surface area contributed by atoms with Gasteiger partial charge in [-0.1, -0.05) is 6.07 Å². The molecular formula is C14H16N2O3S. The second-order valence-corrected chi connectivity index (χ2v) is 4.97. The molecule has 106 valence electrons. The fourth-order valence-corrected chi connectivity index (χ4v) is 2.49. The lowest BCUT2D eigenvalue weighted by Gasteiger charge is -2.16. The molecule has 6 heteroatoms. The lowest BCUT2D eigenvalue weighted by molar-refractivity contribution is -0.139. The number of carbonyl (C=O) groups excluding carboxylic acids is 1. The van der Waals surface area contributed by atoms with E-state index in [-0.39, 0.29) is 12.4 Å². The van der Waals surface area contributed by atoms with Crippen molar-refractivity contribution in [1.82, 2.24) is 4.98 Å². The molecule has 1 heterocycles. The van der Waals surface area contributed by atoms with Crippen molar-refractivity contribution in [3.05, 3.63) is 35.3 Å². The number of ether oxygens (including phenoxy) is 2. The van der Waals surface area contributed by atoms with Crippen molar-refractivity contribution in [2.45, 2.75) is 6.42 Å². The van der Waals surface area contributed by atoms with Crippen LogP contribution in [0.1, 0.15) is 5.69 Å². The lowest BCUT2D eigenvalue weighted by atomic mass is 10.3. The number of benzene rings is 1. The molecule has 0 amide bonds. The number of anilines is 2. The van der Waals surface area contributed by atoms with Gasteiger partial charge in [-0.25, -0.2) is 4.98 Å². The third kappa shape index (κ3) is 3.27. The summed E-state index contributed by atoms with van der Waals surface area (Å²) in [6.45, 7) is 0. The molecule has 0 saturated carbocycles. The Morgan fingerprint density at radius 1 is 1.40 bits per heavy atom. The maximum Gasteiger partial charge on any atom is 0.311 e. The van der Waals surface area contributed by atoms with Crippen LogP contribution in [0.4, 0.5) is 10.8 Å². The number of carbonyl (C=O) groups is 1. The van der Waals surface area contributed by atoms with Crippen molar-refractivity contribution >= 4 is 28.1 Å². The van der Waals surface area contributed by atoms with Crippen LogP contribution in [0.25, 0.3) is 0 Å². The maximum absolute atomic E-state index is 11.2. The van der Waals surface area contributed by atoms with E-state index < -0.39 is 0 Å². The van der Waals surface area contributed by atoms with Gasteiger partial charge < -0.3 is 14.4 Å². The van der Waals surface area contributed by atoms with E-state index in [0.29, 0.717) is 5.69 Å². The molecule has 0 fully saturated rings. The fraction of sp³-hybridized carbons (Fsp3) is 0.286. The highest BCUT2D eigenvalue weighted by atomic mass is 32.1. The van der Waals surface area contributed by atoms with Crippen LogP contribution >= 0.6 is 11.3 Å². The Kier molecular flexibility index (Phi) is 4.57. The van der Waals surface area contributed by atoms with Crippen molar-refractivity contribution in [3.63, 3.8) is 0 Å². The van der Waals surface area contributed by atoms with Gasteiger partial charge in [0.05, 0.1) is 26.3 Å². The standard InChI is InChI=1S/C14H16N2O3S/c1-16(11-5-4-6-12(8-11)18-2)14-15-10(9-20-14)7-13(17)19-3/h4-6,8-9H,7H2,1-3H3. The Hall–Kier alpha value is -2.08. The smallest absolute Gasteiger partial charge is 0.311 e. The van der Waals surface area contributed by atoms with Crippen molar-refractivity contribution in [2.24, 2.45) is 0 Å². The first-order valence-corrected chi connectivity index (χ1v) is 6.91. The Labute approximate surface area is 121 Å². The quantitative estimate of drug-likeness (QED) is 0.793. The molecule has 20 heavy (non-hydrogen) atoms. The first kappa shape index (κ1) is 14.3. The average molecular weight is 292 g/mol. The first-order chi connectivity index (χ1) is 9.63. The summed E-state index contributed by atoms with van der Waals surface area (Å²) < 4.78 is 9.84. The van der Waals surface area contributed by atoms with E-state index in [1.165, 1.54) is 18.4 Å². The van der Waals surface area contributed by atoms with Gasteiger partial charge in [-0.3, -0.25) is 4.79 Å². The number of nitrogens with zero attached hydrogens (tertiary/aromatic N) is 2. The maximum atomic E-state index is 11.2. The van der Waals surface area contributed by atoms with E-state index in [9.17, 15) is 4.79 Å². The predicted molar refractivity (Wildman–Crippen MR) is 78.9 cm³/mol. The highest BCUT2D eigenvalue weighted by molar-refractivity contribution is 7.13. The minimum atomic E-state index is -0.286. The molecule has 2 aromatic rings. The van der Waals surface area contributed by atoms with Crippen LogP contribution in [0.5, 0.6) is 5.75 Å². The van der Waals surface area contributed by atoms with Crippen molar-refractivity contribution in [1.29, 1.82) is 0 Å². The summed E-state index contributed by atoms with van der Waals surface area (Å²) in [5.74, 6) is 0.506. The third-order valence-corrected chi connectivity index (χ3v) is 3.79. The zero-order valence-electron chi connectivity index (χ0n) is 11.6. The molecule has 0 bridgehead atoms. The predicted octanol–water partition coefficient (Wildman–Crippen LogP) is 2.64. The lowest BCUT2D eigenvalue weighted by Crippen LogP contribution is -2.10. The number of thiazole rings is 1. The Bertz CT molecular complexity index is 598. The molecule has 0 spiro atoms. The fourth-order valence-electron chi connectivity index (χ4n) is 1.68. The van der Waals surface area contributed by atoms with E-state index in [1.807, 2.05) is 41.6 Å². The summed E-state index contributed by atoms with van der Waals surface area (Å²) in [7, 11) is 4.94. The second kappa shape index (κ2) is 6.38. The molecule has 0 atom stereocenters. The average Bonchev–Trinajstić information content (AvgIpc) is 2.94. The number of esters is 1. The Balaban J connectivity index is 2.16. The summed E-state index contributed by atoms with van der Waals surface area (Å²) in [6, 6.07) is 7.72. The largest absolute Gasteiger partial charge is 0.497 e. The second-order valence-electron chi connectivity index (χ2n) is 4.13. The van der Waals surface area contributed by atoms with Crippen molar-refractivity contribution in [2.75, 3.05) is 26.2 Å². The molecule has 0 N–H and O–H groups in total. The topological polar surface area (TPSA) is 51.7 Å². The van der Waals surface area contributed by atoms with Gasteiger partial charge in [-0.15, -0.1) is 11.3 Å². The van der Waals surface area contributed by atoms with E-state index in [4.69, 9.17) is 4.74 Å². The minimum Gasteiger partial charge on any atom is -0.497 e. The highest BCUT2D eigenvalue weighted by Gasteiger charge is 2.12. The van der Waals surface area contributed by atoms with Gasteiger partial charge in [-0.05, 0) is 12.1 Å². The van der Waals surface area contributed by atoms with E-state index in [2.05, 4.69) is 9.72 Å². The zero-order chi connectivity index (χ0) is 14.5. The molecule has 1 aromatic carbocycles. The van der Waals surface area contributed by atoms with Crippen molar-refractivity contribution in [3.8, 4) is 5.75 Å². The van der Waals surface area contributed by atoms with Gasteiger partial charge in [0.1, 0.15) is 5.75 Å². The van der Waals surface area contributed by atoms with Crippen LogP contribution in [0.15, 0.2) is 29.6 Å². The first-order valence-electron chi connectivity index (χ1n) is 6.03. The van der Waals surface area contributed by atoms with Gasteiger partial charge in [0.2, 0.25) is 0 Å². The number of hydrogen-bond donors (Lipinski definition) is 0. The summed E-state index contributed by atoms with van der Waals surface area (Å²) in [6.07, 6.45) is 0.193. The van der Waals surface area contributed by atoms with Gasteiger partial charge in [0.15, 0.2) is 5.13 Å². The van der Waals surface area contributed by atoms with Gasteiger partial charge in [0, 0.05) is 24.2 Å². The van der Waals surface area contributed by atoms with Crippen LogP contribution in [0, 0.1) is 0 Å². The molecule has 0 aliphatic heterocycles. The third-order valence-electron chi connectivity index (χ3n) is 2.82. The van der Waals surface area contributed by atoms with Crippen LogP contribution < -0.4 is 9.64 Å². The number of aromatic nitrogens is 1. The Morgan fingerprint density at radius 2 is 2.20 bits per heavy atom. The van der Waals surface area contributed by atoms with Crippen LogP contribution in [0.3, 0.4) is 0 Å². The monoisotopic (exact) mass is 292 g/mol. The number of rotatable bonds is 5. The molecule has 0 saturated heterocycles. The molecule has 2 rings (SSSR count). The summed E-state index contributed by atoms with van der Waals surface area (Å²) in [5.41, 5.74) is 1.69. The molecule has 0 unspecified atom stereocenters. The molecule has 0 radical (unpaired) electrons. The van der Waals surface area contributed by atoms with E-state index >= 15 is 0 Å². The van der Waals surface area contributed by atoms with Crippen LogP contribution in [-0.2, 0) is 16.0 Å².